The molecule has 1 aromatic carbocycles. The molecular weight excluding hydrogens is 298 g/mol. The fourth-order valence-corrected chi connectivity index (χ4v) is 2.30. The van der Waals surface area contributed by atoms with E-state index in [-0.39, 0.29) is 15.4 Å². The highest BCUT2D eigenvalue weighted by Crippen LogP contribution is 2.44. The zero-order valence-corrected chi connectivity index (χ0v) is 11.1. The maximum absolute atomic E-state index is 12.9. The Morgan fingerprint density at radius 1 is 0.857 bits per heavy atom. The van der Waals surface area contributed by atoms with Crippen LogP contribution in [0.15, 0.2) is 30.6 Å². The van der Waals surface area contributed by atoms with Crippen LogP contribution >= 0.6 is 0 Å². The maximum Gasteiger partial charge on any atom is 0.486 e. The first kappa shape index (κ1) is 15.5. The Kier molecular flexibility index (Phi) is 3.59. The fraction of sp³-hybridized carbons (Fsp3) is 0.385. The molecule has 1 aliphatic rings. The summed E-state index contributed by atoms with van der Waals surface area (Å²) in [5.74, 6) is 0. The standard InChI is InChI=1S/C13H12F6N2/c1-8-3-4-10(9(2)7-8)11-20(12(14,15)16)5-6-21(11)13(17,18)19/h3-7,11H,1-2H3. The molecule has 1 aromatic rings. The number of alkyl halides is 6. The summed E-state index contributed by atoms with van der Waals surface area (Å²) in [7, 11) is 0. The largest absolute Gasteiger partial charge is 0.486 e. The van der Waals surface area contributed by atoms with Gasteiger partial charge in [0.25, 0.3) is 0 Å². The second-order valence-electron chi connectivity index (χ2n) is 4.78. The lowest BCUT2D eigenvalue weighted by atomic mass is 10.0. The molecule has 8 heteroatoms. The van der Waals surface area contributed by atoms with Crippen molar-refractivity contribution in [3.05, 3.63) is 47.3 Å². The minimum atomic E-state index is -4.90. The Morgan fingerprint density at radius 2 is 1.33 bits per heavy atom. The number of benzene rings is 1. The summed E-state index contributed by atoms with van der Waals surface area (Å²) < 4.78 is 77.7. The Labute approximate surface area is 117 Å². The van der Waals surface area contributed by atoms with E-state index >= 15 is 0 Å². The van der Waals surface area contributed by atoms with Crippen LogP contribution in [0.1, 0.15) is 22.9 Å². The molecule has 0 spiro atoms. The van der Waals surface area contributed by atoms with Crippen LogP contribution in [0, 0.1) is 13.8 Å². The van der Waals surface area contributed by atoms with E-state index in [0.717, 1.165) is 5.56 Å². The number of aryl methyl sites for hydroxylation is 2. The molecule has 0 radical (unpaired) electrons. The summed E-state index contributed by atoms with van der Waals surface area (Å²) in [6.07, 6.45) is -11.0. The average molecular weight is 310 g/mol. The van der Waals surface area contributed by atoms with E-state index in [1.54, 1.807) is 13.0 Å². The van der Waals surface area contributed by atoms with Gasteiger partial charge >= 0.3 is 12.6 Å². The minimum absolute atomic E-state index is 0.0414. The van der Waals surface area contributed by atoms with Crippen molar-refractivity contribution in [3.63, 3.8) is 0 Å². The van der Waals surface area contributed by atoms with Crippen molar-refractivity contribution in [1.29, 1.82) is 0 Å². The molecule has 0 bridgehead atoms. The van der Waals surface area contributed by atoms with Gasteiger partial charge in [0.1, 0.15) is 6.17 Å². The molecule has 0 N–H and O–H groups in total. The zero-order valence-electron chi connectivity index (χ0n) is 11.1. The van der Waals surface area contributed by atoms with Crippen LogP contribution in [-0.4, -0.2) is 22.4 Å². The van der Waals surface area contributed by atoms with Gasteiger partial charge in [-0.3, -0.25) is 9.80 Å². The third-order valence-electron chi connectivity index (χ3n) is 3.20. The summed E-state index contributed by atoms with van der Waals surface area (Å²) in [4.78, 5) is -0.504. The molecular formula is C13H12F6N2. The van der Waals surface area contributed by atoms with E-state index in [1.807, 2.05) is 0 Å². The first-order valence-corrected chi connectivity index (χ1v) is 5.97. The van der Waals surface area contributed by atoms with Crippen molar-refractivity contribution in [3.8, 4) is 0 Å². The van der Waals surface area contributed by atoms with E-state index < -0.39 is 18.8 Å². The monoisotopic (exact) mass is 310 g/mol. The van der Waals surface area contributed by atoms with Crippen LogP contribution in [0.4, 0.5) is 26.3 Å². The predicted molar refractivity (Wildman–Crippen MR) is 63.6 cm³/mol. The van der Waals surface area contributed by atoms with Gasteiger partial charge in [0, 0.05) is 12.4 Å². The van der Waals surface area contributed by atoms with Crippen LogP contribution in [-0.2, 0) is 0 Å². The average Bonchev–Trinajstić information content (AvgIpc) is 2.72. The molecule has 1 aliphatic heterocycles. The molecule has 0 amide bonds. The van der Waals surface area contributed by atoms with Crippen LogP contribution in [0.5, 0.6) is 0 Å². The molecule has 0 aliphatic carbocycles. The Balaban J connectivity index is 2.52. The minimum Gasteiger partial charge on any atom is -0.264 e. The fourth-order valence-electron chi connectivity index (χ4n) is 2.30. The van der Waals surface area contributed by atoms with Gasteiger partial charge in [-0.2, -0.15) is 26.3 Å². The maximum atomic E-state index is 12.9. The van der Waals surface area contributed by atoms with Crippen molar-refractivity contribution in [2.75, 3.05) is 0 Å². The highest BCUT2D eigenvalue weighted by molar-refractivity contribution is 5.34. The molecule has 0 aromatic heterocycles. The van der Waals surface area contributed by atoms with Gasteiger partial charge in [0.05, 0.1) is 0 Å². The van der Waals surface area contributed by atoms with Crippen molar-refractivity contribution in [2.45, 2.75) is 32.6 Å². The summed E-state index contributed by atoms with van der Waals surface area (Å²) >= 11 is 0. The van der Waals surface area contributed by atoms with Crippen molar-refractivity contribution in [1.82, 2.24) is 9.80 Å². The van der Waals surface area contributed by atoms with E-state index in [9.17, 15) is 26.3 Å². The Hall–Kier alpha value is -1.86. The molecule has 0 atom stereocenters. The third kappa shape index (κ3) is 2.93. The number of hydrogen-bond acceptors (Lipinski definition) is 2. The molecule has 0 saturated heterocycles. The first-order chi connectivity index (χ1) is 9.51. The van der Waals surface area contributed by atoms with E-state index in [2.05, 4.69) is 0 Å². The van der Waals surface area contributed by atoms with Crippen LogP contribution in [0.25, 0.3) is 0 Å². The Bertz CT molecular complexity index is 537. The zero-order chi connectivity index (χ0) is 16.0. The van der Waals surface area contributed by atoms with E-state index in [1.165, 1.54) is 19.1 Å². The lowest BCUT2D eigenvalue weighted by Gasteiger charge is -2.35. The molecule has 116 valence electrons. The van der Waals surface area contributed by atoms with E-state index in [4.69, 9.17) is 0 Å². The van der Waals surface area contributed by atoms with Gasteiger partial charge in [-0.15, -0.1) is 0 Å². The normalized spacial score (nSPS) is 17.0. The summed E-state index contributed by atoms with van der Waals surface area (Å²) in [6.45, 7) is 3.20. The molecule has 0 fully saturated rings. The number of nitrogens with zero attached hydrogens (tertiary/aromatic N) is 2. The molecule has 2 nitrogen and oxygen atoms in total. The lowest BCUT2D eigenvalue weighted by molar-refractivity contribution is -0.290. The van der Waals surface area contributed by atoms with Gasteiger partial charge in [-0.25, -0.2) is 0 Å². The number of hydrogen-bond donors (Lipinski definition) is 0. The molecule has 0 unspecified atom stereocenters. The highest BCUT2D eigenvalue weighted by atomic mass is 19.4. The summed E-state index contributed by atoms with van der Waals surface area (Å²) in [6, 6.07) is 4.33. The molecule has 0 saturated carbocycles. The van der Waals surface area contributed by atoms with Crippen LogP contribution in [0.3, 0.4) is 0 Å². The molecule has 2 rings (SSSR count). The van der Waals surface area contributed by atoms with Gasteiger partial charge in [0.2, 0.25) is 0 Å². The lowest BCUT2D eigenvalue weighted by Crippen LogP contribution is -2.44. The van der Waals surface area contributed by atoms with Crippen molar-refractivity contribution >= 4 is 0 Å². The van der Waals surface area contributed by atoms with Crippen LogP contribution < -0.4 is 0 Å². The summed E-state index contributed by atoms with van der Waals surface area (Å²) in [5.41, 5.74) is 1.09. The second-order valence-corrected chi connectivity index (χ2v) is 4.78. The van der Waals surface area contributed by atoms with Gasteiger partial charge in [-0.1, -0.05) is 23.8 Å². The topological polar surface area (TPSA) is 6.48 Å². The molecule has 1 heterocycles. The van der Waals surface area contributed by atoms with Crippen LogP contribution in [0.2, 0.25) is 0 Å². The van der Waals surface area contributed by atoms with Gasteiger partial charge < -0.3 is 0 Å². The van der Waals surface area contributed by atoms with Crippen molar-refractivity contribution < 1.29 is 26.3 Å². The smallest absolute Gasteiger partial charge is 0.264 e. The summed E-state index contributed by atoms with van der Waals surface area (Å²) in [5, 5.41) is 0. The molecule has 21 heavy (non-hydrogen) atoms. The highest BCUT2D eigenvalue weighted by Gasteiger charge is 2.52. The van der Waals surface area contributed by atoms with E-state index in [0.29, 0.717) is 18.0 Å². The first-order valence-electron chi connectivity index (χ1n) is 5.97. The number of halogens is 6. The predicted octanol–water partition coefficient (Wildman–Crippen LogP) is 4.43. The van der Waals surface area contributed by atoms with Gasteiger partial charge in [0.15, 0.2) is 0 Å². The SMILES string of the molecule is Cc1ccc(C2N(C(F)(F)F)C=CN2C(F)(F)F)c(C)c1. The number of rotatable bonds is 1. The quantitative estimate of drug-likeness (QED) is 0.559. The third-order valence-corrected chi connectivity index (χ3v) is 3.20. The van der Waals surface area contributed by atoms with Crippen molar-refractivity contribution in [2.24, 2.45) is 0 Å². The van der Waals surface area contributed by atoms with Gasteiger partial charge in [-0.05, 0) is 25.0 Å². The second kappa shape index (κ2) is 4.85. The Morgan fingerprint density at radius 3 is 1.71 bits per heavy atom.